The number of halogens is 1. The maximum atomic E-state index is 12.4. The van der Waals surface area contributed by atoms with Gasteiger partial charge in [-0.25, -0.2) is 9.97 Å². The first-order chi connectivity index (χ1) is 13.7. The third kappa shape index (κ3) is 5.04. The van der Waals surface area contributed by atoms with Gasteiger partial charge in [-0.05, 0) is 37.1 Å². The molecule has 0 radical (unpaired) electrons. The molecule has 2 heterocycles. The molecule has 6 heteroatoms. The molecular formula is C23H29BrN4O. The van der Waals surface area contributed by atoms with Gasteiger partial charge in [0.25, 0.3) is 0 Å². The fourth-order valence-corrected chi connectivity index (χ4v) is 3.35. The Balaban J connectivity index is 2.02. The Kier molecular flexibility index (Phi) is 6.42. The minimum absolute atomic E-state index is 0.0257. The average Bonchev–Trinajstić information content (AvgIpc) is 2.97. The van der Waals surface area contributed by atoms with Gasteiger partial charge in [-0.3, -0.25) is 4.79 Å². The Morgan fingerprint density at radius 3 is 2.48 bits per heavy atom. The topological polar surface area (TPSA) is 59.8 Å². The Morgan fingerprint density at radius 2 is 1.86 bits per heavy atom. The van der Waals surface area contributed by atoms with Crippen LogP contribution in [0.15, 0.2) is 34.8 Å². The summed E-state index contributed by atoms with van der Waals surface area (Å²) < 4.78 is 3.27. The summed E-state index contributed by atoms with van der Waals surface area (Å²) in [5, 5.41) is 3.01. The number of nitrogens with one attached hydrogen (secondary N) is 1. The number of rotatable bonds is 6. The Hall–Kier alpha value is -2.21. The summed E-state index contributed by atoms with van der Waals surface area (Å²) in [6.45, 7) is 10.5. The zero-order chi connectivity index (χ0) is 21.2. The molecule has 0 aliphatic rings. The van der Waals surface area contributed by atoms with E-state index in [0.717, 1.165) is 58.6 Å². The summed E-state index contributed by atoms with van der Waals surface area (Å²) in [6, 6.07) is 10.3. The first kappa shape index (κ1) is 21.5. The lowest BCUT2D eigenvalue weighted by Gasteiger charge is -2.18. The molecule has 0 atom stereocenters. The van der Waals surface area contributed by atoms with Gasteiger partial charge < -0.3 is 9.88 Å². The number of imidazole rings is 1. The van der Waals surface area contributed by atoms with E-state index < -0.39 is 5.41 Å². The van der Waals surface area contributed by atoms with Crippen molar-refractivity contribution in [1.82, 2.24) is 14.5 Å². The number of carbonyl (C=O) groups excluding carboxylic acids is 1. The Morgan fingerprint density at radius 1 is 1.17 bits per heavy atom. The van der Waals surface area contributed by atoms with Gasteiger partial charge in [0.15, 0.2) is 5.65 Å². The zero-order valence-corrected chi connectivity index (χ0v) is 19.4. The van der Waals surface area contributed by atoms with Crippen molar-refractivity contribution in [3.05, 3.63) is 51.9 Å². The number of anilines is 1. The molecular weight excluding hydrogens is 428 g/mol. The maximum Gasteiger partial charge on any atom is 0.229 e. The molecule has 1 amide bonds. The zero-order valence-electron chi connectivity index (χ0n) is 17.8. The molecule has 0 aliphatic heterocycles. The van der Waals surface area contributed by atoms with Crippen LogP contribution in [0.1, 0.15) is 57.6 Å². The van der Waals surface area contributed by atoms with E-state index in [1.54, 1.807) is 0 Å². The highest BCUT2D eigenvalue weighted by molar-refractivity contribution is 9.10. The predicted octanol–water partition coefficient (Wildman–Crippen LogP) is 5.88. The fourth-order valence-electron chi connectivity index (χ4n) is 3.09. The third-order valence-electron chi connectivity index (χ3n) is 4.93. The smallest absolute Gasteiger partial charge is 0.229 e. The molecule has 1 N–H and O–H groups in total. The van der Waals surface area contributed by atoms with Crippen LogP contribution in [0, 0.1) is 12.3 Å². The largest absolute Gasteiger partial charge is 0.324 e. The van der Waals surface area contributed by atoms with E-state index in [1.807, 2.05) is 33.8 Å². The summed E-state index contributed by atoms with van der Waals surface area (Å²) >= 11 is 3.50. The molecule has 0 unspecified atom stereocenters. The molecule has 5 nitrogen and oxygen atoms in total. The lowest BCUT2D eigenvalue weighted by Crippen LogP contribution is -2.28. The molecule has 0 aliphatic carbocycles. The van der Waals surface area contributed by atoms with Gasteiger partial charge in [0.1, 0.15) is 11.3 Å². The lowest BCUT2D eigenvalue weighted by molar-refractivity contribution is -0.123. The summed E-state index contributed by atoms with van der Waals surface area (Å²) in [5.74, 6) is 1.01. The van der Waals surface area contributed by atoms with Crippen LogP contribution in [-0.2, 0) is 17.8 Å². The van der Waals surface area contributed by atoms with E-state index >= 15 is 0 Å². The SMILES string of the molecule is CCCCc1nc2cc(NC(=O)C(C)(C)C)c(C)nc2n1Cc1ccc(Br)cc1. The van der Waals surface area contributed by atoms with Crippen molar-refractivity contribution >= 4 is 38.7 Å². The van der Waals surface area contributed by atoms with Crippen LogP contribution < -0.4 is 5.32 Å². The Bertz CT molecular complexity index is 1020. The van der Waals surface area contributed by atoms with E-state index in [9.17, 15) is 4.79 Å². The van der Waals surface area contributed by atoms with Crippen molar-refractivity contribution in [3.63, 3.8) is 0 Å². The number of hydrogen-bond donors (Lipinski definition) is 1. The Labute approximate surface area is 181 Å². The van der Waals surface area contributed by atoms with Gasteiger partial charge in [-0.2, -0.15) is 0 Å². The predicted molar refractivity (Wildman–Crippen MR) is 122 cm³/mol. The molecule has 3 aromatic rings. The van der Waals surface area contributed by atoms with Gasteiger partial charge in [0, 0.05) is 16.3 Å². The summed E-state index contributed by atoms with van der Waals surface area (Å²) in [5.41, 5.74) is 3.96. The number of unbranched alkanes of at least 4 members (excludes halogenated alkanes) is 1. The van der Waals surface area contributed by atoms with Crippen LogP contribution in [0.4, 0.5) is 5.69 Å². The summed E-state index contributed by atoms with van der Waals surface area (Å²) in [4.78, 5) is 22.1. The average molecular weight is 457 g/mol. The van der Waals surface area contributed by atoms with Crippen molar-refractivity contribution < 1.29 is 4.79 Å². The van der Waals surface area contributed by atoms with Gasteiger partial charge in [-0.15, -0.1) is 0 Å². The number of pyridine rings is 1. The molecule has 0 fully saturated rings. The van der Waals surface area contributed by atoms with Crippen LogP contribution in [-0.4, -0.2) is 20.4 Å². The van der Waals surface area contributed by atoms with Crippen molar-refractivity contribution in [2.75, 3.05) is 5.32 Å². The second-order valence-corrected chi connectivity index (χ2v) is 9.43. The second-order valence-electron chi connectivity index (χ2n) is 8.51. The first-order valence-electron chi connectivity index (χ1n) is 10.1. The minimum atomic E-state index is -0.464. The number of aromatic nitrogens is 3. The number of carbonyl (C=O) groups is 1. The molecule has 0 bridgehead atoms. The summed E-state index contributed by atoms with van der Waals surface area (Å²) in [7, 11) is 0. The number of nitrogens with zero attached hydrogens (tertiary/aromatic N) is 3. The standard InChI is InChI=1S/C23H29BrN4O/c1-6-7-8-20-26-19-13-18(27-22(29)23(3,4)5)15(2)25-21(19)28(20)14-16-9-11-17(24)12-10-16/h9-13H,6-8,14H2,1-5H3,(H,27,29). The van der Waals surface area contributed by atoms with Crippen molar-refractivity contribution in [2.24, 2.45) is 5.41 Å². The fraction of sp³-hybridized carbons (Fsp3) is 0.435. The number of hydrogen-bond acceptors (Lipinski definition) is 3. The van der Waals surface area contributed by atoms with Gasteiger partial charge in [0.2, 0.25) is 5.91 Å². The van der Waals surface area contributed by atoms with E-state index in [1.165, 1.54) is 5.56 Å². The highest BCUT2D eigenvalue weighted by Gasteiger charge is 2.23. The van der Waals surface area contributed by atoms with Gasteiger partial charge in [0.05, 0.1) is 17.9 Å². The molecule has 2 aromatic heterocycles. The number of aryl methyl sites for hydroxylation is 2. The normalized spacial score (nSPS) is 11.8. The number of benzene rings is 1. The highest BCUT2D eigenvalue weighted by atomic mass is 79.9. The maximum absolute atomic E-state index is 12.4. The van der Waals surface area contributed by atoms with E-state index in [2.05, 4.69) is 57.0 Å². The van der Waals surface area contributed by atoms with E-state index in [4.69, 9.17) is 9.97 Å². The molecule has 29 heavy (non-hydrogen) atoms. The lowest BCUT2D eigenvalue weighted by atomic mass is 9.95. The van der Waals surface area contributed by atoms with Gasteiger partial charge >= 0.3 is 0 Å². The first-order valence-corrected chi connectivity index (χ1v) is 10.9. The minimum Gasteiger partial charge on any atom is -0.324 e. The van der Waals surface area contributed by atoms with Crippen molar-refractivity contribution in [2.45, 2.75) is 60.4 Å². The molecule has 0 saturated carbocycles. The van der Waals surface area contributed by atoms with Gasteiger partial charge in [-0.1, -0.05) is 62.2 Å². The third-order valence-corrected chi connectivity index (χ3v) is 5.46. The monoisotopic (exact) mass is 456 g/mol. The molecule has 154 valence electrons. The van der Waals surface area contributed by atoms with Crippen LogP contribution in [0.3, 0.4) is 0 Å². The molecule has 0 saturated heterocycles. The molecule has 0 spiro atoms. The van der Waals surface area contributed by atoms with E-state index in [-0.39, 0.29) is 5.91 Å². The van der Waals surface area contributed by atoms with Crippen LogP contribution in [0.5, 0.6) is 0 Å². The highest BCUT2D eigenvalue weighted by Crippen LogP contribution is 2.25. The van der Waals surface area contributed by atoms with Crippen molar-refractivity contribution in [3.8, 4) is 0 Å². The second kappa shape index (κ2) is 8.66. The molecule has 3 rings (SSSR count). The van der Waals surface area contributed by atoms with Crippen LogP contribution in [0.25, 0.3) is 11.2 Å². The summed E-state index contributed by atoms with van der Waals surface area (Å²) in [6.07, 6.45) is 3.10. The van der Waals surface area contributed by atoms with E-state index in [0.29, 0.717) is 0 Å². The number of fused-ring (bicyclic) bond motifs is 1. The van der Waals surface area contributed by atoms with Crippen LogP contribution >= 0.6 is 15.9 Å². The number of amides is 1. The quantitative estimate of drug-likeness (QED) is 0.503. The van der Waals surface area contributed by atoms with Crippen LogP contribution in [0.2, 0.25) is 0 Å². The molecule has 1 aromatic carbocycles. The van der Waals surface area contributed by atoms with Crippen molar-refractivity contribution in [1.29, 1.82) is 0 Å².